The van der Waals surface area contributed by atoms with Crippen LogP contribution in [0.2, 0.25) is 0 Å². The Labute approximate surface area is 131 Å². The Hall–Kier alpha value is -1.01. The molecule has 0 spiro atoms. The number of nitrogens with one attached hydrogen (secondary N) is 1. The first-order chi connectivity index (χ1) is 10.6. The van der Waals surface area contributed by atoms with E-state index in [4.69, 9.17) is 9.47 Å². The minimum absolute atomic E-state index is 0.147. The molecule has 1 fully saturated rings. The molecular weight excluding hydrogens is 285 g/mol. The van der Waals surface area contributed by atoms with E-state index in [0.717, 1.165) is 12.0 Å². The number of benzene rings is 1. The van der Waals surface area contributed by atoms with Crippen molar-refractivity contribution in [3.05, 3.63) is 35.6 Å². The van der Waals surface area contributed by atoms with E-state index >= 15 is 0 Å². The third-order valence-corrected chi connectivity index (χ3v) is 4.18. The van der Waals surface area contributed by atoms with E-state index in [1.54, 1.807) is 19.2 Å². The van der Waals surface area contributed by atoms with Crippen molar-refractivity contribution in [2.24, 2.45) is 0 Å². The van der Waals surface area contributed by atoms with Gasteiger partial charge in [-0.1, -0.05) is 12.1 Å². The van der Waals surface area contributed by atoms with Gasteiger partial charge in [0.25, 0.3) is 0 Å². The Morgan fingerprint density at radius 2 is 2.18 bits per heavy atom. The van der Waals surface area contributed by atoms with Gasteiger partial charge in [-0.05, 0) is 30.5 Å². The standard InChI is InChI=1S/C17H26FNO3/c1-21-8-5-16(12-14-3-2-4-15(18)11-14)19-13-17(20)6-9-22-10-7-17/h2-4,11,16,19-20H,5-10,12-13H2,1H3. The van der Waals surface area contributed by atoms with Crippen LogP contribution >= 0.6 is 0 Å². The molecule has 1 unspecified atom stereocenters. The summed E-state index contributed by atoms with van der Waals surface area (Å²) in [7, 11) is 1.67. The van der Waals surface area contributed by atoms with Crippen LogP contribution < -0.4 is 5.32 Å². The maximum absolute atomic E-state index is 13.3. The van der Waals surface area contributed by atoms with Crippen molar-refractivity contribution in [3.8, 4) is 0 Å². The fourth-order valence-corrected chi connectivity index (χ4v) is 2.75. The first kappa shape index (κ1) is 17.3. The van der Waals surface area contributed by atoms with Gasteiger partial charge in [-0.3, -0.25) is 0 Å². The summed E-state index contributed by atoms with van der Waals surface area (Å²) in [5, 5.41) is 13.9. The molecule has 4 nitrogen and oxygen atoms in total. The highest BCUT2D eigenvalue weighted by atomic mass is 19.1. The Morgan fingerprint density at radius 1 is 1.41 bits per heavy atom. The van der Waals surface area contributed by atoms with Crippen molar-refractivity contribution >= 4 is 0 Å². The molecule has 0 bridgehead atoms. The highest BCUT2D eigenvalue weighted by Crippen LogP contribution is 2.20. The molecule has 0 radical (unpaired) electrons. The van der Waals surface area contributed by atoms with E-state index in [1.807, 2.05) is 6.07 Å². The number of rotatable bonds is 8. The smallest absolute Gasteiger partial charge is 0.123 e. The van der Waals surface area contributed by atoms with E-state index in [9.17, 15) is 9.50 Å². The van der Waals surface area contributed by atoms with E-state index in [2.05, 4.69) is 5.32 Å². The fourth-order valence-electron chi connectivity index (χ4n) is 2.75. The summed E-state index contributed by atoms with van der Waals surface area (Å²) < 4.78 is 23.8. The Kier molecular flexibility index (Phi) is 6.76. The van der Waals surface area contributed by atoms with Crippen LogP contribution in [0.1, 0.15) is 24.8 Å². The third kappa shape index (κ3) is 5.65. The molecule has 1 aromatic rings. The highest BCUT2D eigenvalue weighted by Gasteiger charge is 2.30. The Bertz CT molecular complexity index is 449. The second kappa shape index (κ2) is 8.58. The van der Waals surface area contributed by atoms with Gasteiger partial charge >= 0.3 is 0 Å². The zero-order chi connectivity index (χ0) is 15.8. The molecular formula is C17H26FNO3. The van der Waals surface area contributed by atoms with Gasteiger partial charge in [-0.15, -0.1) is 0 Å². The van der Waals surface area contributed by atoms with Gasteiger partial charge in [0.15, 0.2) is 0 Å². The Balaban J connectivity index is 1.90. The molecule has 0 amide bonds. The lowest BCUT2D eigenvalue weighted by molar-refractivity contribution is -0.0630. The molecule has 124 valence electrons. The molecule has 1 aliphatic rings. The minimum atomic E-state index is -0.703. The average molecular weight is 311 g/mol. The molecule has 1 aliphatic heterocycles. The maximum Gasteiger partial charge on any atom is 0.123 e. The number of ether oxygens (including phenoxy) is 2. The van der Waals surface area contributed by atoms with Crippen molar-refractivity contribution < 1.29 is 19.0 Å². The predicted octanol–water partition coefficient (Wildman–Crippen LogP) is 1.90. The quantitative estimate of drug-likeness (QED) is 0.770. The van der Waals surface area contributed by atoms with E-state index in [0.29, 0.717) is 45.6 Å². The van der Waals surface area contributed by atoms with Gasteiger partial charge in [-0.2, -0.15) is 0 Å². The van der Waals surface area contributed by atoms with Crippen molar-refractivity contribution in [1.29, 1.82) is 0 Å². The molecule has 5 heteroatoms. The molecule has 0 saturated carbocycles. The summed E-state index contributed by atoms with van der Waals surface area (Å²) in [6.07, 6.45) is 2.83. The summed E-state index contributed by atoms with van der Waals surface area (Å²) in [5.41, 5.74) is 0.249. The largest absolute Gasteiger partial charge is 0.388 e. The molecule has 2 N–H and O–H groups in total. The Morgan fingerprint density at radius 3 is 2.86 bits per heavy atom. The second-order valence-electron chi connectivity index (χ2n) is 6.03. The molecule has 1 heterocycles. The zero-order valence-corrected chi connectivity index (χ0v) is 13.2. The summed E-state index contributed by atoms with van der Waals surface area (Å²) in [6.45, 7) is 2.37. The van der Waals surface area contributed by atoms with Crippen molar-refractivity contribution in [1.82, 2.24) is 5.32 Å². The first-order valence-electron chi connectivity index (χ1n) is 7.88. The number of halogens is 1. The first-order valence-corrected chi connectivity index (χ1v) is 7.88. The third-order valence-electron chi connectivity index (χ3n) is 4.18. The highest BCUT2D eigenvalue weighted by molar-refractivity contribution is 5.17. The molecule has 0 aromatic heterocycles. The van der Waals surface area contributed by atoms with E-state index in [-0.39, 0.29) is 11.9 Å². The lowest BCUT2D eigenvalue weighted by Crippen LogP contribution is -2.48. The SMILES string of the molecule is COCCC(Cc1cccc(F)c1)NCC1(O)CCOCC1. The number of hydrogen-bond acceptors (Lipinski definition) is 4. The predicted molar refractivity (Wildman–Crippen MR) is 83.4 cm³/mol. The average Bonchev–Trinajstić information content (AvgIpc) is 2.51. The number of hydrogen-bond donors (Lipinski definition) is 2. The molecule has 0 aliphatic carbocycles. The summed E-state index contributed by atoms with van der Waals surface area (Å²) in [4.78, 5) is 0. The van der Waals surface area contributed by atoms with Crippen molar-refractivity contribution in [3.63, 3.8) is 0 Å². The van der Waals surface area contributed by atoms with Gasteiger partial charge in [-0.25, -0.2) is 4.39 Å². The van der Waals surface area contributed by atoms with Crippen molar-refractivity contribution in [2.75, 3.05) is 33.5 Å². The van der Waals surface area contributed by atoms with Crippen LogP contribution in [0.25, 0.3) is 0 Å². The number of methoxy groups -OCH3 is 1. The van der Waals surface area contributed by atoms with Gasteiger partial charge in [0.2, 0.25) is 0 Å². The zero-order valence-electron chi connectivity index (χ0n) is 13.2. The molecule has 22 heavy (non-hydrogen) atoms. The lowest BCUT2D eigenvalue weighted by Gasteiger charge is -2.34. The van der Waals surface area contributed by atoms with Gasteiger partial charge in [0.1, 0.15) is 5.82 Å². The van der Waals surface area contributed by atoms with E-state index < -0.39 is 5.60 Å². The van der Waals surface area contributed by atoms with Crippen molar-refractivity contribution in [2.45, 2.75) is 37.3 Å². The molecule has 1 saturated heterocycles. The van der Waals surface area contributed by atoms with Crippen LogP contribution in [0.15, 0.2) is 24.3 Å². The molecule has 1 aromatic carbocycles. The summed E-state index contributed by atoms with van der Waals surface area (Å²) in [6, 6.07) is 6.81. The fraction of sp³-hybridized carbons (Fsp3) is 0.647. The molecule has 2 rings (SSSR count). The van der Waals surface area contributed by atoms with Gasteiger partial charge in [0.05, 0.1) is 5.60 Å². The lowest BCUT2D eigenvalue weighted by atomic mass is 9.93. The van der Waals surface area contributed by atoms with Crippen LogP contribution in [0.4, 0.5) is 4.39 Å². The number of aliphatic hydroxyl groups is 1. The topological polar surface area (TPSA) is 50.7 Å². The van der Waals surface area contributed by atoms with Crippen LogP contribution in [-0.2, 0) is 15.9 Å². The van der Waals surface area contributed by atoms with Crippen LogP contribution in [0.3, 0.4) is 0 Å². The van der Waals surface area contributed by atoms with Crippen LogP contribution in [0.5, 0.6) is 0 Å². The van der Waals surface area contributed by atoms with Crippen LogP contribution in [-0.4, -0.2) is 50.2 Å². The molecule has 1 atom stereocenters. The van der Waals surface area contributed by atoms with Crippen LogP contribution in [0, 0.1) is 5.82 Å². The maximum atomic E-state index is 13.3. The monoisotopic (exact) mass is 311 g/mol. The normalized spacial score (nSPS) is 19.0. The van der Waals surface area contributed by atoms with Gasteiger partial charge < -0.3 is 19.9 Å². The minimum Gasteiger partial charge on any atom is -0.388 e. The summed E-state index contributed by atoms with van der Waals surface area (Å²) in [5.74, 6) is -0.217. The summed E-state index contributed by atoms with van der Waals surface area (Å²) >= 11 is 0. The van der Waals surface area contributed by atoms with E-state index in [1.165, 1.54) is 6.07 Å². The second-order valence-corrected chi connectivity index (χ2v) is 6.03. The van der Waals surface area contributed by atoms with Gasteiger partial charge in [0, 0.05) is 52.4 Å².